The predicted molar refractivity (Wildman–Crippen MR) is 66.3 cm³/mol. The van der Waals surface area contributed by atoms with Crippen molar-refractivity contribution in [2.45, 2.75) is 12.5 Å². The first kappa shape index (κ1) is 11.7. The first-order valence-corrected chi connectivity index (χ1v) is 5.83. The molecule has 2 rings (SSSR count). The Morgan fingerprint density at radius 3 is 2.50 bits per heavy atom. The summed E-state index contributed by atoms with van der Waals surface area (Å²) >= 11 is 12.1. The van der Waals surface area contributed by atoms with E-state index in [0.717, 1.165) is 6.42 Å². The van der Waals surface area contributed by atoms with Crippen LogP contribution >= 0.6 is 23.2 Å². The largest absolute Gasteiger partial charge is 0.309 e. The first-order chi connectivity index (χ1) is 7.65. The number of amides is 1. The first-order valence-electron chi connectivity index (χ1n) is 5.08. The van der Waals surface area contributed by atoms with E-state index in [9.17, 15) is 4.79 Å². The van der Waals surface area contributed by atoms with Crippen molar-refractivity contribution < 1.29 is 4.79 Å². The fraction of sp³-hybridized carbons (Fsp3) is 0.364. The minimum absolute atomic E-state index is 0.0255. The lowest BCUT2D eigenvalue weighted by Crippen LogP contribution is -2.36. The molecule has 0 saturated carbocycles. The second kappa shape index (κ2) is 4.62. The average Bonchev–Trinajstić information content (AvgIpc) is 2.60. The summed E-state index contributed by atoms with van der Waals surface area (Å²) in [5.74, 6) is 0.0255. The van der Waals surface area contributed by atoms with Crippen LogP contribution in [-0.2, 0) is 4.79 Å². The van der Waals surface area contributed by atoms with Crippen LogP contribution in [0, 0.1) is 0 Å². The molecule has 1 heterocycles. The molecule has 0 aliphatic carbocycles. The number of carbonyl (C=O) groups is 1. The molecule has 86 valence electrons. The van der Waals surface area contributed by atoms with Crippen LogP contribution in [0.1, 0.15) is 6.42 Å². The van der Waals surface area contributed by atoms with Crippen molar-refractivity contribution in [3.8, 4) is 0 Å². The Balaban J connectivity index is 2.36. The molecule has 16 heavy (non-hydrogen) atoms. The van der Waals surface area contributed by atoms with Gasteiger partial charge in [0.15, 0.2) is 0 Å². The highest BCUT2D eigenvalue weighted by atomic mass is 35.5. The number of hydrogen-bond acceptors (Lipinski definition) is 2. The second-order valence-electron chi connectivity index (χ2n) is 3.69. The molecule has 0 radical (unpaired) electrons. The van der Waals surface area contributed by atoms with E-state index in [4.69, 9.17) is 23.2 Å². The van der Waals surface area contributed by atoms with E-state index >= 15 is 0 Å². The minimum atomic E-state index is -0.132. The Hall–Kier alpha value is -0.770. The topological polar surface area (TPSA) is 32.3 Å². The lowest BCUT2D eigenvalue weighted by atomic mass is 10.2. The molecule has 1 fully saturated rings. The molecule has 0 spiro atoms. The normalized spacial score (nSPS) is 20.6. The maximum atomic E-state index is 12.0. The molecule has 1 N–H and O–H groups in total. The molecule has 1 unspecified atom stereocenters. The van der Waals surface area contributed by atoms with Gasteiger partial charge in [-0.15, -0.1) is 0 Å². The molecule has 1 amide bonds. The van der Waals surface area contributed by atoms with Gasteiger partial charge in [0.05, 0.1) is 21.8 Å². The van der Waals surface area contributed by atoms with E-state index in [-0.39, 0.29) is 11.9 Å². The van der Waals surface area contributed by atoms with Crippen LogP contribution in [0.2, 0.25) is 10.0 Å². The number of likely N-dealkylation sites (N-methyl/N-ethyl adjacent to an activating group) is 1. The van der Waals surface area contributed by atoms with Crippen LogP contribution in [0.4, 0.5) is 5.69 Å². The highest BCUT2D eigenvalue weighted by Crippen LogP contribution is 2.35. The van der Waals surface area contributed by atoms with Crippen molar-refractivity contribution in [1.82, 2.24) is 5.32 Å². The molecule has 1 aliphatic rings. The molecule has 1 aromatic carbocycles. The third-order valence-electron chi connectivity index (χ3n) is 2.76. The van der Waals surface area contributed by atoms with E-state index < -0.39 is 0 Å². The van der Waals surface area contributed by atoms with Gasteiger partial charge in [-0.3, -0.25) is 4.79 Å². The third kappa shape index (κ3) is 1.90. The smallest absolute Gasteiger partial charge is 0.244 e. The van der Waals surface area contributed by atoms with E-state index in [2.05, 4.69) is 5.32 Å². The van der Waals surface area contributed by atoms with Crippen molar-refractivity contribution >= 4 is 34.8 Å². The quantitative estimate of drug-likeness (QED) is 0.883. The summed E-state index contributed by atoms with van der Waals surface area (Å²) < 4.78 is 0. The van der Waals surface area contributed by atoms with Gasteiger partial charge in [-0.25, -0.2) is 0 Å². The molecule has 1 atom stereocenters. The molecule has 1 aromatic rings. The van der Waals surface area contributed by atoms with Gasteiger partial charge < -0.3 is 10.2 Å². The van der Waals surface area contributed by atoms with Gasteiger partial charge in [-0.1, -0.05) is 29.3 Å². The zero-order valence-electron chi connectivity index (χ0n) is 8.84. The molecule has 0 aromatic heterocycles. The fourth-order valence-electron chi connectivity index (χ4n) is 1.92. The lowest BCUT2D eigenvalue weighted by molar-refractivity contribution is -0.118. The number of nitrogens with one attached hydrogen (secondary N) is 1. The lowest BCUT2D eigenvalue weighted by Gasteiger charge is -2.19. The van der Waals surface area contributed by atoms with Gasteiger partial charge in [0.1, 0.15) is 0 Å². The van der Waals surface area contributed by atoms with Crippen LogP contribution in [0.5, 0.6) is 0 Å². The fourth-order valence-corrected chi connectivity index (χ4v) is 2.52. The molecule has 5 heteroatoms. The van der Waals surface area contributed by atoms with Gasteiger partial charge in [0, 0.05) is 6.54 Å². The van der Waals surface area contributed by atoms with E-state index in [0.29, 0.717) is 22.3 Å². The van der Waals surface area contributed by atoms with Crippen LogP contribution in [0.3, 0.4) is 0 Å². The summed E-state index contributed by atoms with van der Waals surface area (Å²) in [6.07, 6.45) is 0.775. The SMILES string of the molecule is CNC1CCN(c2c(Cl)cccc2Cl)C1=O. The summed E-state index contributed by atoms with van der Waals surface area (Å²) in [6.45, 7) is 0.647. The Labute approximate surface area is 104 Å². The Morgan fingerprint density at radius 1 is 1.38 bits per heavy atom. The Morgan fingerprint density at radius 2 is 2.00 bits per heavy atom. The summed E-state index contributed by atoms with van der Waals surface area (Å²) in [5.41, 5.74) is 0.619. The number of halogens is 2. The van der Waals surface area contributed by atoms with Gasteiger partial charge >= 0.3 is 0 Å². The third-order valence-corrected chi connectivity index (χ3v) is 3.37. The van der Waals surface area contributed by atoms with Gasteiger partial charge in [0.25, 0.3) is 0 Å². The highest BCUT2D eigenvalue weighted by Gasteiger charge is 2.33. The Kier molecular flexibility index (Phi) is 3.38. The predicted octanol–water partition coefficient (Wildman–Crippen LogP) is 2.32. The van der Waals surface area contributed by atoms with E-state index in [1.807, 2.05) is 0 Å². The maximum absolute atomic E-state index is 12.0. The van der Waals surface area contributed by atoms with Crippen molar-refractivity contribution in [2.24, 2.45) is 0 Å². The number of hydrogen-bond donors (Lipinski definition) is 1. The van der Waals surface area contributed by atoms with Crippen LogP contribution in [-0.4, -0.2) is 25.5 Å². The van der Waals surface area contributed by atoms with E-state index in [1.165, 1.54) is 0 Å². The maximum Gasteiger partial charge on any atom is 0.244 e. The summed E-state index contributed by atoms with van der Waals surface area (Å²) in [4.78, 5) is 13.6. The number of para-hydroxylation sites is 1. The zero-order valence-corrected chi connectivity index (χ0v) is 10.3. The van der Waals surface area contributed by atoms with Crippen LogP contribution < -0.4 is 10.2 Å². The van der Waals surface area contributed by atoms with Crippen molar-refractivity contribution in [3.05, 3.63) is 28.2 Å². The van der Waals surface area contributed by atoms with Crippen LogP contribution in [0.25, 0.3) is 0 Å². The average molecular weight is 259 g/mol. The zero-order chi connectivity index (χ0) is 11.7. The second-order valence-corrected chi connectivity index (χ2v) is 4.50. The highest BCUT2D eigenvalue weighted by molar-refractivity contribution is 6.40. The summed E-state index contributed by atoms with van der Waals surface area (Å²) in [5, 5.41) is 4.00. The van der Waals surface area contributed by atoms with Crippen molar-refractivity contribution in [1.29, 1.82) is 0 Å². The number of rotatable bonds is 2. The summed E-state index contributed by atoms with van der Waals surface area (Å²) in [6, 6.07) is 5.11. The standard InChI is InChI=1S/C11H12Cl2N2O/c1-14-9-5-6-15(11(9)16)10-7(12)3-2-4-8(10)13/h2-4,9,14H,5-6H2,1H3. The van der Waals surface area contributed by atoms with Gasteiger partial charge in [0.2, 0.25) is 5.91 Å². The monoisotopic (exact) mass is 258 g/mol. The molecular formula is C11H12Cl2N2O. The van der Waals surface area contributed by atoms with Gasteiger partial charge in [-0.2, -0.15) is 0 Å². The minimum Gasteiger partial charge on any atom is -0.309 e. The van der Waals surface area contributed by atoms with Crippen molar-refractivity contribution in [2.75, 3.05) is 18.5 Å². The van der Waals surface area contributed by atoms with Gasteiger partial charge in [-0.05, 0) is 25.6 Å². The Bertz CT molecular complexity index is 402. The number of anilines is 1. The van der Waals surface area contributed by atoms with Crippen LogP contribution in [0.15, 0.2) is 18.2 Å². The molecule has 1 aliphatic heterocycles. The van der Waals surface area contributed by atoms with E-state index in [1.54, 1.807) is 30.1 Å². The molecule has 1 saturated heterocycles. The number of carbonyl (C=O) groups excluding carboxylic acids is 1. The molecule has 3 nitrogen and oxygen atoms in total. The molecular weight excluding hydrogens is 247 g/mol. The molecule has 0 bridgehead atoms. The number of benzene rings is 1. The van der Waals surface area contributed by atoms with Crippen molar-refractivity contribution in [3.63, 3.8) is 0 Å². The summed E-state index contributed by atoms with van der Waals surface area (Å²) in [7, 11) is 1.78. The number of nitrogens with zero attached hydrogens (tertiary/aromatic N) is 1.